The summed E-state index contributed by atoms with van der Waals surface area (Å²) in [6, 6.07) is 15.5. The van der Waals surface area contributed by atoms with Crippen LogP contribution in [-0.4, -0.2) is 32.4 Å². The van der Waals surface area contributed by atoms with Gasteiger partial charge in [-0.15, -0.1) is 0 Å². The molecule has 31 heavy (non-hydrogen) atoms. The summed E-state index contributed by atoms with van der Waals surface area (Å²) in [7, 11) is 0. The molecule has 4 aromatic rings. The molecule has 0 fully saturated rings. The van der Waals surface area contributed by atoms with E-state index < -0.39 is 5.97 Å². The van der Waals surface area contributed by atoms with E-state index in [0.717, 1.165) is 27.9 Å². The molecule has 0 radical (unpaired) electrons. The zero-order valence-electron chi connectivity index (χ0n) is 18.0. The standard InChI is InChI=1S/C22H21N3O4.C2H6/c1-15-19(24-22(29-15)16-5-3-2-4-6-16)10-12-28-18-8-7-17-14-23-25(20(17)13-18)11-9-21(26)27;1-2/h2-8,13-14H,9-12H2,1H3,(H,26,27);1-2H3. The molecule has 0 amide bonds. The molecule has 0 saturated heterocycles. The van der Waals surface area contributed by atoms with Crippen LogP contribution in [0.4, 0.5) is 0 Å². The molecule has 7 heteroatoms. The molecule has 0 saturated carbocycles. The summed E-state index contributed by atoms with van der Waals surface area (Å²) in [6.45, 7) is 6.68. The van der Waals surface area contributed by atoms with Crippen LogP contribution in [0.25, 0.3) is 22.4 Å². The fourth-order valence-electron chi connectivity index (χ4n) is 3.15. The van der Waals surface area contributed by atoms with Crippen molar-refractivity contribution in [2.24, 2.45) is 0 Å². The van der Waals surface area contributed by atoms with Gasteiger partial charge in [0.1, 0.15) is 11.5 Å². The Bertz CT molecular complexity index is 1130. The number of rotatable bonds is 8. The lowest BCUT2D eigenvalue weighted by Gasteiger charge is -2.07. The van der Waals surface area contributed by atoms with Crippen LogP contribution in [0.1, 0.15) is 31.7 Å². The third-order valence-corrected chi connectivity index (χ3v) is 4.67. The van der Waals surface area contributed by atoms with E-state index in [0.29, 0.717) is 31.2 Å². The molecule has 0 bridgehead atoms. The third-order valence-electron chi connectivity index (χ3n) is 4.67. The van der Waals surface area contributed by atoms with Crippen molar-refractivity contribution < 1.29 is 19.1 Å². The van der Waals surface area contributed by atoms with E-state index in [1.165, 1.54) is 0 Å². The minimum atomic E-state index is -0.848. The summed E-state index contributed by atoms with van der Waals surface area (Å²) >= 11 is 0. The predicted octanol–water partition coefficient (Wildman–Crippen LogP) is 5.12. The number of oxazole rings is 1. The van der Waals surface area contributed by atoms with Gasteiger partial charge >= 0.3 is 5.97 Å². The lowest BCUT2D eigenvalue weighted by Crippen LogP contribution is -2.06. The van der Waals surface area contributed by atoms with Gasteiger partial charge in [-0.2, -0.15) is 5.10 Å². The number of aliphatic carboxylic acids is 1. The van der Waals surface area contributed by atoms with Crippen LogP contribution >= 0.6 is 0 Å². The number of aromatic nitrogens is 3. The largest absolute Gasteiger partial charge is 0.493 e. The first-order chi connectivity index (χ1) is 15.1. The van der Waals surface area contributed by atoms with E-state index in [-0.39, 0.29) is 6.42 Å². The van der Waals surface area contributed by atoms with Crippen molar-refractivity contribution in [3.63, 3.8) is 0 Å². The van der Waals surface area contributed by atoms with Crippen molar-refractivity contribution in [1.29, 1.82) is 0 Å². The van der Waals surface area contributed by atoms with Crippen molar-refractivity contribution in [3.05, 3.63) is 66.2 Å². The zero-order valence-corrected chi connectivity index (χ0v) is 18.0. The maximum Gasteiger partial charge on any atom is 0.305 e. The number of hydrogen-bond acceptors (Lipinski definition) is 5. The van der Waals surface area contributed by atoms with Crippen LogP contribution in [0, 0.1) is 6.92 Å². The average Bonchev–Trinajstić information content (AvgIpc) is 3.37. The molecule has 162 valence electrons. The van der Waals surface area contributed by atoms with Gasteiger partial charge in [-0.05, 0) is 31.2 Å². The molecule has 0 aliphatic rings. The second-order valence-corrected chi connectivity index (χ2v) is 6.72. The maximum absolute atomic E-state index is 10.8. The van der Waals surface area contributed by atoms with Gasteiger partial charge in [0.15, 0.2) is 0 Å². The third kappa shape index (κ3) is 5.51. The molecule has 1 N–H and O–H groups in total. The highest BCUT2D eigenvalue weighted by atomic mass is 16.5. The van der Waals surface area contributed by atoms with Crippen molar-refractivity contribution in [3.8, 4) is 17.2 Å². The van der Waals surface area contributed by atoms with Crippen LogP contribution in [0.15, 0.2) is 59.1 Å². The Morgan fingerprint density at radius 3 is 2.68 bits per heavy atom. The quantitative estimate of drug-likeness (QED) is 0.424. The van der Waals surface area contributed by atoms with Gasteiger partial charge in [0.05, 0.1) is 37.0 Å². The van der Waals surface area contributed by atoms with E-state index in [2.05, 4.69) is 10.1 Å². The number of carboxylic acids is 1. The molecule has 0 unspecified atom stereocenters. The molecule has 7 nitrogen and oxygen atoms in total. The summed E-state index contributed by atoms with van der Waals surface area (Å²) in [5.74, 6) is 1.26. The molecular weight excluding hydrogens is 394 g/mol. The minimum absolute atomic E-state index is 0.0248. The number of benzene rings is 2. The van der Waals surface area contributed by atoms with Crippen molar-refractivity contribution >= 4 is 16.9 Å². The molecule has 2 aromatic heterocycles. The summed E-state index contributed by atoms with van der Waals surface area (Å²) in [5.41, 5.74) is 2.67. The van der Waals surface area contributed by atoms with Gasteiger partial charge in [-0.25, -0.2) is 4.98 Å². The molecule has 0 aliphatic heterocycles. The number of carboxylic acid groups (broad SMARTS) is 1. The van der Waals surface area contributed by atoms with Crippen LogP contribution < -0.4 is 4.74 Å². The Kier molecular flexibility index (Phi) is 7.43. The van der Waals surface area contributed by atoms with E-state index in [4.69, 9.17) is 14.3 Å². The SMILES string of the molecule is CC.Cc1oc(-c2ccccc2)nc1CCOc1ccc2cnn(CCC(=O)O)c2c1. The van der Waals surface area contributed by atoms with Gasteiger partial charge in [-0.1, -0.05) is 32.0 Å². The van der Waals surface area contributed by atoms with Gasteiger partial charge in [0, 0.05) is 23.4 Å². The van der Waals surface area contributed by atoms with Crippen molar-refractivity contribution in [2.45, 2.75) is 40.2 Å². The van der Waals surface area contributed by atoms with Crippen molar-refractivity contribution in [2.75, 3.05) is 6.61 Å². The van der Waals surface area contributed by atoms with Crippen LogP contribution in [0.5, 0.6) is 5.75 Å². The summed E-state index contributed by atoms with van der Waals surface area (Å²) in [5, 5.41) is 14.1. The molecule has 2 aromatic carbocycles. The van der Waals surface area contributed by atoms with E-state index >= 15 is 0 Å². The zero-order chi connectivity index (χ0) is 22.2. The number of nitrogens with zero attached hydrogens (tertiary/aromatic N) is 3. The van der Waals surface area contributed by atoms with E-state index in [1.807, 2.05) is 69.3 Å². The lowest BCUT2D eigenvalue weighted by molar-refractivity contribution is -0.137. The first-order valence-corrected chi connectivity index (χ1v) is 10.4. The fraction of sp³-hybridized carbons (Fsp3) is 0.292. The van der Waals surface area contributed by atoms with Gasteiger partial charge in [0.2, 0.25) is 5.89 Å². The first-order valence-electron chi connectivity index (χ1n) is 10.4. The summed E-state index contributed by atoms with van der Waals surface area (Å²) < 4.78 is 13.4. The number of aryl methyl sites for hydroxylation is 2. The predicted molar refractivity (Wildman–Crippen MR) is 119 cm³/mol. The highest BCUT2D eigenvalue weighted by Crippen LogP contribution is 2.23. The van der Waals surface area contributed by atoms with Gasteiger partial charge < -0.3 is 14.3 Å². The molecule has 4 rings (SSSR count). The van der Waals surface area contributed by atoms with E-state index in [9.17, 15) is 4.79 Å². The number of hydrogen-bond donors (Lipinski definition) is 1. The maximum atomic E-state index is 10.8. The van der Waals surface area contributed by atoms with Crippen LogP contribution in [0.2, 0.25) is 0 Å². The summed E-state index contributed by atoms with van der Waals surface area (Å²) in [6.07, 6.45) is 2.38. The Morgan fingerprint density at radius 2 is 1.94 bits per heavy atom. The molecule has 0 spiro atoms. The van der Waals surface area contributed by atoms with E-state index in [1.54, 1.807) is 10.9 Å². The second-order valence-electron chi connectivity index (χ2n) is 6.72. The molecular formula is C24H27N3O4. The highest BCUT2D eigenvalue weighted by Gasteiger charge is 2.12. The summed E-state index contributed by atoms with van der Waals surface area (Å²) in [4.78, 5) is 15.4. The second kappa shape index (κ2) is 10.4. The number of carbonyl (C=O) groups is 1. The topological polar surface area (TPSA) is 90.4 Å². The number of fused-ring (bicyclic) bond motifs is 1. The Balaban J connectivity index is 0.00000132. The highest BCUT2D eigenvalue weighted by molar-refractivity contribution is 5.80. The minimum Gasteiger partial charge on any atom is -0.493 e. The number of ether oxygens (including phenoxy) is 1. The van der Waals surface area contributed by atoms with Gasteiger partial charge in [0.25, 0.3) is 0 Å². The average molecular weight is 421 g/mol. The Hall–Kier alpha value is -3.61. The van der Waals surface area contributed by atoms with Crippen LogP contribution in [-0.2, 0) is 17.8 Å². The Morgan fingerprint density at radius 1 is 1.16 bits per heavy atom. The Labute approximate surface area is 181 Å². The molecule has 0 aliphatic carbocycles. The lowest BCUT2D eigenvalue weighted by atomic mass is 10.2. The molecule has 2 heterocycles. The molecule has 0 atom stereocenters. The monoisotopic (exact) mass is 421 g/mol. The first kappa shape index (κ1) is 22.1. The van der Waals surface area contributed by atoms with Gasteiger partial charge in [-0.3, -0.25) is 9.48 Å². The normalized spacial score (nSPS) is 10.5. The fourth-order valence-corrected chi connectivity index (χ4v) is 3.15. The smallest absolute Gasteiger partial charge is 0.305 e. The van der Waals surface area contributed by atoms with Crippen LogP contribution in [0.3, 0.4) is 0 Å². The van der Waals surface area contributed by atoms with Crippen molar-refractivity contribution in [1.82, 2.24) is 14.8 Å².